The van der Waals surface area contributed by atoms with Gasteiger partial charge in [-0.2, -0.15) is 0 Å². The van der Waals surface area contributed by atoms with Crippen LogP contribution in [-0.2, 0) is 10.3 Å². The van der Waals surface area contributed by atoms with Gasteiger partial charge >= 0.3 is 0 Å². The highest BCUT2D eigenvalue weighted by atomic mass is 16.2. The Hall–Kier alpha value is -2.20. The molecular weight excluding hydrogens is 238 g/mol. The van der Waals surface area contributed by atoms with E-state index in [2.05, 4.69) is 15.6 Å². The van der Waals surface area contributed by atoms with Crippen LogP contribution >= 0.6 is 0 Å². The Morgan fingerprint density at radius 3 is 2.53 bits per heavy atom. The Bertz CT molecular complexity index is 529. The summed E-state index contributed by atoms with van der Waals surface area (Å²) in [6.45, 7) is 1.20. The molecule has 4 heteroatoms. The highest BCUT2D eigenvalue weighted by Crippen LogP contribution is 2.31. The third kappa shape index (κ3) is 1.90. The molecule has 1 unspecified atom stereocenters. The Balaban J connectivity index is 2.19. The monoisotopic (exact) mass is 252 g/mol. The lowest BCUT2D eigenvalue weighted by atomic mass is 9.81. The molecule has 1 aliphatic rings. The summed E-state index contributed by atoms with van der Waals surface area (Å²) in [6, 6.07) is 13.4. The van der Waals surface area contributed by atoms with E-state index in [-0.39, 0.29) is 5.91 Å². The Morgan fingerprint density at radius 1 is 1.05 bits per heavy atom. The van der Waals surface area contributed by atoms with Crippen molar-refractivity contribution >= 4 is 5.91 Å². The summed E-state index contributed by atoms with van der Waals surface area (Å²) in [5.74, 6) is -0.0852. The molecule has 1 radical (unpaired) electrons. The first-order valence-electron chi connectivity index (χ1n) is 6.27. The minimum absolute atomic E-state index is 0.0852. The predicted octanol–water partition coefficient (Wildman–Crippen LogP) is 1.06. The number of nitrogens with zero attached hydrogens (tertiary/aromatic N) is 2. The number of carbonyl (C=O) groups is 1. The molecule has 1 saturated heterocycles. The smallest absolute Gasteiger partial charge is 0.251 e. The topological polar surface area (TPSA) is 56.1 Å². The molecular formula is C15H14N3O. The van der Waals surface area contributed by atoms with Crippen LogP contribution in [0.15, 0.2) is 54.9 Å². The van der Waals surface area contributed by atoms with Crippen molar-refractivity contribution in [3.05, 3.63) is 66.0 Å². The van der Waals surface area contributed by atoms with Gasteiger partial charge in [0.2, 0.25) is 0 Å². The van der Waals surface area contributed by atoms with Gasteiger partial charge in [0, 0.05) is 31.0 Å². The first-order chi connectivity index (χ1) is 9.34. The maximum absolute atomic E-state index is 12.5. The summed E-state index contributed by atoms with van der Waals surface area (Å²) < 4.78 is 0. The van der Waals surface area contributed by atoms with E-state index in [1.54, 1.807) is 12.4 Å². The van der Waals surface area contributed by atoms with Gasteiger partial charge in [0.15, 0.2) is 5.54 Å². The highest BCUT2D eigenvalue weighted by Gasteiger charge is 2.44. The van der Waals surface area contributed by atoms with Crippen molar-refractivity contribution in [2.45, 2.75) is 5.54 Å². The van der Waals surface area contributed by atoms with Gasteiger partial charge in [-0.25, -0.2) is 5.32 Å². The number of aromatic nitrogens is 1. The van der Waals surface area contributed by atoms with Crippen LogP contribution in [-0.4, -0.2) is 24.0 Å². The Morgan fingerprint density at radius 2 is 1.84 bits per heavy atom. The molecule has 4 nitrogen and oxygen atoms in total. The van der Waals surface area contributed by atoms with Gasteiger partial charge in [-0.1, -0.05) is 36.4 Å². The lowest BCUT2D eigenvalue weighted by molar-refractivity contribution is -0.128. The number of benzene rings is 1. The number of hydrogen-bond acceptors (Lipinski definition) is 2. The van der Waals surface area contributed by atoms with Gasteiger partial charge in [-0.3, -0.25) is 9.78 Å². The normalized spacial score (nSPS) is 22.8. The van der Waals surface area contributed by atoms with Crippen molar-refractivity contribution in [3.63, 3.8) is 0 Å². The summed E-state index contributed by atoms with van der Waals surface area (Å²) in [7, 11) is 0. The number of hydrogen-bond donors (Lipinski definition) is 1. The molecule has 19 heavy (non-hydrogen) atoms. The molecule has 0 aliphatic carbocycles. The van der Waals surface area contributed by atoms with Crippen LogP contribution in [0.4, 0.5) is 0 Å². The zero-order chi connectivity index (χ0) is 13.1. The van der Waals surface area contributed by atoms with E-state index in [1.165, 1.54) is 0 Å². The van der Waals surface area contributed by atoms with Crippen molar-refractivity contribution in [1.82, 2.24) is 15.6 Å². The Kier molecular flexibility index (Phi) is 3.01. The first-order valence-corrected chi connectivity index (χ1v) is 6.27. The largest absolute Gasteiger partial charge is 0.352 e. The number of piperazine rings is 1. The maximum atomic E-state index is 12.5. The van der Waals surface area contributed by atoms with Gasteiger partial charge in [-0.15, -0.1) is 0 Å². The molecule has 1 amide bonds. The van der Waals surface area contributed by atoms with Crippen LogP contribution in [0.3, 0.4) is 0 Å². The number of amides is 1. The van der Waals surface area contributed by atoms with Crippen molar-refractivity contribution in [2.75, 3.05) is 13.1 Å². The fourth-order valence-corrected chi connectivity index (χ4v) is 2.46. The maximum Gasteiger partial charge on any atom is 0.251 e. The molecule has 1 aliphatic heterocycles. The van der Waals surface area contributed by atoms with Gasteiger partial charge in [0.05, 0.1) is 0 Å². The highest BCUT2D eigenvalue weighted by molar-refractivity contribution is 5.92. The molecule has 0 bridgehead atoms. The van der Waals surface area contributed by atoms with Crippen LogP contribution in [0, 0.1) is 0 Å². The number of carbonyl (C=O) groups excluding carboxylic acids is 1. The molecule has 1 aromatic carbocycles. The van der Waals surface area contributed by atoms with E-state index < -0.39 is 5.54 Å². The summed E-state index contributed by atoms with van der Waals surface area (Å²) >= 11 is 0. The van der Waals surface area contributed by atoms with Crippen molar-refractivity contribution in [3.8, 4) is 0 Å². The SMILES string of the molecule is O=C1NCC[N]C1(c1ccccc1)c1cccnc1. The molecule has 0 spiro atoms. The molecule has 95 valence electrons. The number of pyridine rings is 1. The molecule has 2 heterocycles. The van der Waals surface area contributed by atoms with Crippen LogP contribution in [0.2, 0.25) is 0 Å². The van der Waals surface area contributed by atoms with E-state index in [4.69, 9.17) is 0 Å². The standard InChI is InChI=1S/C15H14N3O/c19-14-15(18-10-9-17-14,12-5-2-1-3-6-12)13-7-4-8-16-11-13/h1-8,11H,9-10H2,(H,17,19). The lowest BCUT2D eigenvalue weighted by Gasteiger charge is -2.36. The van der Waals surface area contributed by atoms with Gasteiger partial charge < -0.3 is 5.32 Å². The van der Waals surface area contributed by atoms with Crippen LogP contribution in [0.25, 0.3) is 0 Å². The minimum atomic E-state index is -0.965. The summed E-state index contributed by atoms with van der Waals surface area (Å²) in [4.78, 5) is 16.6. The first kappa shape index (κ1) is 11.9. The second-order valence-corrected chi connectivity index (χ2v) is 4.46. The second kappa shape index (κ2) is 4.82. The molecule has 3 rings (SSSR count). The summed E-state index contributed by atoms with van der Waals surface area (Å²) in [6.07, 6.45) is 3.41. The van der Waals surface area contributed by atoms with E-state index >= 15 is 0 Å². The number of rotatable bonds is 2. The molecule has 0 saturated carbocycles. The van der Waals surface area contributed by atoms with E-state index in [0.29, 0.717) is 13.1 Å². The summed E-state index contributed by atoms with van der Waals surface area (Å²) in [5, 5.41) is 7.54. The fraction of sp³-hybridized carbons (Fsp3) is 0.200. The fourth-order valence-electron chi connectivity index (χ4n) is 2.46. The quantitative estimate of drug-likeness (QED) is 0.869. The van der Waals surface area contributed by atoms with E-state index in [9.17, 15) is 4.79 Å². The van der Waals surface area contributed by atoms with Gasteiger partial charge in [0.25, 0.3) is 5.91 Å². The molecule has 1 N–H and O–H groups in total. The second-order valence-electron chi connectivity index (χ2n) is 4.46. The van der Waals surface area contributed by atoms with Crippen molar-refractivity contribution in [2.24, 2.45) is 0 Å². The van der Waals surface area contributed by atoms with Crippen molar-refractivity contribution in [1.29, 1.82) is 0 Å². The molecule has 1 aromatic heterocycles. The molecule has 1 fully saturated rings. The average molecular weight is 252 g/mol. The number of nitrogens with one attached hydrogen (secondary N) is 1. The van der Waals surface area contributed by atoms with Gasteiger partial charge in [-0.05, 0) is 11.6 Å². The van der Waals surface area contributed by atoms with E-state index in [0.717, 1.165) is 11.1 Å². The lowest BCUT2D eigenvalue weighted by Crippen LogP contribution is -2.58. The van der Waals surface area contributed by atoms with Crippen LogP contribution in [0.5, 0.6) is 0 Å². The Labute approximate surface area is 111 Å². The predicted molar refractivity (Wildman–Crippen MR) is 71.5 cm³/mol. The van der Waals surface area contributed by atoms with E-state index in [1.807, 2.05) is 42.5 Å². The summed E-state index contributed by atoms with van der Waals surface area (Å²) in [5.41, 5.74) is 0.715. The van der Waals surface area contributed by atoms with Gasteiger partial charge in [0.1, 0.15) is 0 Å². The molecule has 2 aromatic rings. The zero-order valence-corrected chi connectivity index (χ0v) is 10.4. The third-order valence-electron chi connectivity index (χ3n) is 3.35. The third-order valence-corrected chi connectivity index (χ3v) is 3.35. The van der Waals surface area contributed by atoms with Crippen LogP contribution < -0.4 is 10.6 Å². The van der Waals surface area contributed by atoms with Crippen LogP contribution in [0.1, 0.15) is 11.1 Å². The van der Waals surface area contributed by atoms with Crippen molar-refractivity contribution < 1.29 is 4.79 Å². The average Bonchev–Trinajstić information content (AvgIpc) is 2.50. The minimum Gasteiger partial charge on any atom is -0.352 e. The zero-order valence-electron chi connectivity index (χ0n) is 10.4. The molecule has 1 atom stereocenters.